The molecule has 0 aromatic heterocycles. The van der Waals surface area contributed by atoms with Gasteiger partial charge in [0.2, 0.25) is 0 Å². The van der Waals surface area contributed by atoms with Crippen LogP contribution in [0.5, 0.6) is 0 Å². The van der Waals surface area contributed by atoms with Crippen molar-refractivity contribution in [2.75, 3.05) is 6.54 Å². The van der Waals surface area contributed by atoms with Gasteiger partial charge in [-0.25, -0.2) is 5.53 Å². The lowest BCUT2D eigenvalue weighted by Gasteiger charge is -2.22. The van der Waals surface area contributed by atoms with Gasteiger partial charge in [0.1, 0.15) is 0 Å². The fourth-order valence-corrected chi connectivity index (χ4v) is 3.35. The molecular formula is C20H41N3. The third-order valence-corrected chi connectivity index (χ3v) is 5.06. The van der Waals surface area contributed by atoms with Gasteiger partial charge in [-0.1, -0.05) is 96.8 Å². The second kappa shape index (κ2) is 15.0. The molecule has 0 fully saturated rings. The Hall–Kier alpha value is -0.570. The highest BCUT2D eigenvalue weighted by Gasteiger charge is 2.14. The highest BCUT2D eigenvalue weighted by molar-refractivity contribution is 5.60. The Balaban J connectivity index is 1.71. The minimum absolute atomic E-state index is 0.606. The highest BCUT2D eigenvalue weighted by atomic mass is 15.7. The number of rotatable bonds is 16. The van der Waals surface area contributed by atoms with Gasteiger partial charge in [0.25, 0.3) is 0 Å². The SMILES string of the molecule is CCCCCCCCCCCCCCCCC(C)N1CC=NN1. The molecule has 1 rings (SSSR count). The molecule has 0 amide bonds. The van der Waals surface area contributed by atoms with E-state index in [0.29, 0.717) is 6.04 Å². The number of hydrazone groups is 1. The number of hydrogen-bond acceptors (Lipinski definition) is 3. The van der Waals surface area contributed by atoms with E-state index in [0.717, 1.165) is 6.54 Å². The van der Waals surface area contributed by atoms with E-state index in [1.54, 1.807) is 0 Å². The molecule has 0 aromatic carbocycles. The summed E-state index contributed by atoms with van der Waals surface area (Å²) in [4.78, 5) is 0. The normalized spacial score (nSPS) is 15.9. The molecule has 136 valence electrons. The van der Waals surface area contributed by atoms with E-state index >= 15 is 0 Å². The molecule has 0 radical (unpaired) electrons. The molecule has 1 aliphatic heterocycles. The molecule has 0 saturated carbocycles. The summed E-state index contributed by atoms with van der Waals surface area (Å²) in [7, 11) is 0. The molecule has 1 aliphatic rings. The van der Waals surface area contributed by atoms with Gasteiger partial charge < -0.3 is 0 Å². The molecule has 1 unspecified atom stereocenters. The van der Waals surface area contributed by atoms with Crippen molar-refractivity contribution >= 4 is 6.21 Å². The molecule has 3 heteroatoms. The Bertz CT molecular complexity index is 270. The first kappa shape index (κ1) is 20.5. The van der Waals surface area contributed by atoms with Crippen LogP contribution in [0.25, 0.3) is 0 Å². The van der Waals surface area contributed by atoms with Crippen molar-refractivity contribution in [2.45, 2.75) is 116 Å². The second-order valence-corrected chi connectivity index (χ2v) is 7.30. The van der Waals surface area contributed by atoms with Gasteiger partial charge in [-0.3, -0.25) is 0 Å². The van der Waals surface area contributed by atoms with Crippen LogP contribution in [0, 0.1) is 0 Å². The van der Waals surface area contributed by atoms with Crippen LogP contribution in [-0.2, 0) is 0 Å². The van der Waals surface area contributed by atoms with Crippen LogP contribution < -0.4 is 5.53 Å². The summed E-state index contributed by atoms with van der Waals surface area (Å²) in [6.07, 6.45) is 23.3. The maximum Gasteiger partial charge on any atom is 0.0569 e. The molecule has 1 atom stereocenters. The number of nitrogens with one attached hydrogen (secondary N) is 1. The van der Waals surface area contributed by atoms with Crippen molar-refractivity contribution in [1.29, 1.82) is 0 Å². The summed E-state index contributed by atoms with van der Waals surface area (Å²) in [5.41, 5.74) is 3.06. The third kappa shape index (κ3) is 11.6. The maximum absolute atomic E-state index is 4.05. The van der Waals surface area contributed by atoms with Crippen molar-refractivity contribution < 1.29 is 0 Å². The van der Waals surface area contributed by atoms with E-state index in [-0.39, 0.29) is 0 Å². The van der Waals surface area contributed by atoms with E-state index in [2.05, 4.69) is 29.5 Å². The summed E-state index contributed by atoms with van der Waals surface area (Å²) in [6, 6.07) is 0.606. The average molecular weight is 324 g/mol. The smallest absolute Gasteiger partial charge is 0.0569 e. The highest BCUT2D eigenvalue weighted by Crippen LogP contribution is 2.14. The fraction of sp³-hybridized carbons (Fsp3) is 0.950. The summed E-state index contributed by atoms with van der Waals surface area (Å²) >= 11 is 0. The molecule has 0 saturated heterocycles. The minimum Gasteiger partial charge on any atom is -0.240 e. The van der Waals surface area contributed by atoms with Crippen LogP contribution in [0.2, 0.25) is 0 Å². The summed E-state index contributed by atoms with van der Waals surface area (Å²) in [6.45, 7) is 5.55. The van der Waals surface area contributed by atoms with Gasteiger partial charge in [-0.05, 0) is 13.3 Å². The number of nitrogens with zero attached hydrogens (tertiary/aromatic N) is 2. The van der Waals surface area contributed by atoms with Crippen molar-refractivity contribution in [3.63, 3.8) is 0 Å². The van der Waals surface area contributed by atoms with E-state index in [1.807, 2.05) is 6.21 Å². The van der Waals surface area contributed by atoms with E-state index in [1.165, 1.54) is 96.3 Å². The predicted molar refractivity (Wildman–Crippen MR) is 103 cm³/mol. The van der Waals surface area contributed by atoms with Crippen molar-refractivity contribution in [1.82, 2.24) is 10.5 Å². The Morgan fingerprint density at radius 2 is 1.30 bits per heavy atom. The molecule has 0 aromatic rings. The Kier molecular flexibility index (Phi) is 13.3. The lowest BCUT2D eigenvalue weighted by molar-refractivity contribution is 0.169. The Morgan fingerprint density at radius 1 is 0.826 bits per heavy atom. The van der Waals surface area contributed by atoms with Gasteiger partial charge in [-0.2, -0.15) is 10.1 Å². The van der Waals surface area contributed by atoms with E-state index in [4.69, 9.17) is 0 Å². The van der Waals surface area contributed by atoms with Crippen LogP contribution >= 0.6 is 0 Å². The average Bonchev–Trinajstić information content (AvgIpc) is 3.09. The molecule has 0 spiro atoms. The van der Waals surface area contributed by atoms with Crippen molar-refractivity contribution in [3.05, 3.63) is 0 Å². The number of hydrogen-bond donors (Lipinski definition) is 1. The van der Waals surface area contributed by atoms with Crippen molar-refractivity contribution in [2.24, 2.45) is 5.10 Å². The number of unbranched alkanes of at least 4 members (excludes halogenated alkanes) is 13. The molecule has 0 aliphatic carbocycles. The monoisotopic (exact) mass is 323 g/mol. The molecule has 1 N–H and O–H groups in total. The van der Waals surface area contributed by atoms with Crippen LogP contribution in [0.3, 0.4) is 0 Å². The van der Waals surface area contributed by atoms with Crippen molar-refractivity contribution in [3.8, 4) is 0 Å². The first-order valence-corrected chi connectivity index (χ1v) is 10.4. The Labute approximate surface area is 145 Å². The molecule has 23 heavy (non-hydrogen) atoms. The van der Waals surface area contributed by atoms with Gasteiger partial charge >= 0.3 is 0 Å². The molecule has 3 nitrogen and oxygen atoms in total. The fourth-order valence-electron chi connectivity index (χ4n) is 3.35. The van der Waals surface area contributed by atoms with Gasteiger partial charge in [0.05, 0.1) is 6.54 Å². The zero-order valence-electron chi connectivity index (χ0n) is 15.9. The third-order valence-electron chi connectivity index (χ3n) is 5.06. The van der Waals surface area contributed by atoms with Gasteiger partial charge in [-0.15, -0.1) is 0 Å². The topological polar surface area (TPSA) is 27.6 Å². The first-order valence-electron chi connectivity index (χ1n) is 10.4. The Morgan fingerprint density at radius 3 is 1.74 bits per heavy atom. The lowest BCUT2D eigenvalue weighted by Crippen LogP contribution is -2.38. The van der Waals surface area contributed by atoms with Crippen LogP contribution in [0.1, 0.15) is 110 Å². The summed E-state index contributed by atoms with van der Waals surface area (Å²) in [5.74, 6) is 0. The molecular weight excluding hydrogens is 282 g/mol. The lowest BCUT2D eigenvalue weighted by atomic mass is 10.0. The zero-order valence-corrected chi connectivity index (χ0v) is 15.9. The number of hydrazine groups is 1. The zero-order chi connectivity index (χ0) is 16.6. The molecule has 0 bridgehead atoms. The predicted octanol–water partition coefficient (Wildman–Crippen LogP) is 6.05. The van der Waals surface area contributed by atoms with E-state index in [9.17, 15) is 0 Å². The minimum atomic E-state index is 0.606. The maximum atomic E-state index is 4.05. The van der Waals surface area contributed by atoms with Gasteiger partial charge in [0, 0.05) is 12.3 Å². The summed E-state index contributed by atoms with van der Waals surface area (Å²) in [5, 5.41) is 6.28. The van der Waals surface area contributed by atoms with Crippen LogP contribution in [0.4, 0.5) is 0 Å². The van der Waals surface area contributed by atoms with Crippen LogP contribution in [0.15, 0.2) is 5.10 Å². The van der Waals surface area contributed by atoms with Crippen LogP contribution in [-0.4, -0.2) is 23.8 Å². The van der Waals surface area contributed by atoms with E-state index < -0.39 is 0 Å². The van der Waals surface area contributed by atoms with Gasteiger partial charge in [0.15, 0.2) is 0 Å². The quantitative estimate of drug-likeness (QED) is 0.350. The molecule has 1 heterocycles. The second-order valence-electron chi connectivity index (χ2n) is 7.30. The summed E-state index contributed by atoms with van der Waals surface area (Å²) < 4.78 is 0. The first-order chi connectivity index (χ1) is 11.3. The largest absolute Gasteiger partial charge is 0.240 e. The standard InChI is InChI=1S/C20H41N3/c1-3-4-5-6-7-8-9-10-11-12-13-14-15-16-17-20(2)23-19-18-21-22-23/h18,20,22H,3-17,19H2,1-2H3.